The highest BCUT2D eigenvalue weighted by Gasteiger charge is 2.31. The highest BCUT2D eigenvalue weighted by atomic mass is 16.3. The van der Waals surface area contributed by atoms with Crippen LogP contribution in [0.2, 0.25) is 0 Å². The third-order valence-electron chi connectivity index (χ3n) is 3.74. The zero-order chi connectivity index (χ0) is 14.7. The second-order valence-corrected chi connectivity index (χ2v) is 5.76. The number of hydrogen-bond donors (Lipinski definition) is 2. The Labute approximate surface area is 120 Å². The summed E-state index contributed by atoms with van der Waals surface area (Å²) < 4.78 is 0. The summed E-state index contributed by atoms with van der Waals surface area (Å²) in [6.45, 7) is 2.19. The van der Waals surface area contributed by atoms with E-state index in [4.69, 9.17) is 5.73 Å². The number of β-amino-alcohol motifs (C(OH)–C–C–N with tert-alkyl or cyclic N) is 1. The third-order valence-corrected chi connectivity index (χ3v) is 3.74. The molecule has 2 atom stereocenters. The molecule has 1 heterocycles. The van der Waals surface area contributed by atoms with Gasteiger partial charge >= 0.3 is 0 Å². The van der Waals surface area contributed by atoms with Crippen LogP contribution in [0.1, 0.15) is 22.3 Å². The van der Waals surface area contributed by atoms with E-state index in [0.29, 0.717) is 24.7 Å². The number of benzene rings is 1. The lowest BCUT2D eigenvalue weighted by Crippen LogP contribution is -2.37. The van der Waals surface area contributed by atoms with Crippen LogP contribution in [-0.4, -0.2) is 60.1 Å². The van der Waals surface area contributed by atoms with E-state index in [-0.39, 0.29) is 6.10 Å². The van der Waals surface area contributed by atoms with Gasteiger partial charge in [-0.05, 0) is 32.1 Å². The van der Waals surface area contributed by atoms with Crippen molar-refractivity contribution in [1.29, 1.82) is 0 Å². The fourth-order valence-corrected chi connectivity index (χ4v) is 2.88. The number of likely N-dealkylation sites (N-methyl/N-ethyl adjacent to an activating group) is 1. The van der Waals surface area contributed by atoms with E-state index in [1.54, 1.807) is 6.07 Å². The van der Waals surface area contributed by atoms with E-state index in [1.807, 2.05) is 32.3 Å². The summed E-state index contributed by atoms with van der Waals surface area (Å²) in [7, 11) is 4.06. The van der Waals surface area contributed by atoms with Crippen molar-refractivity contribution in [3.05, 3.63) is 35.4 Å². The van der Waals surface area contributed by atoms with Crippen LogP contribution < -0.4 is 5.73 Å². The molecule has 1 aromatic rings. The van der Waals surface area contributed by atoms with Gasteiger partial charge in [-0.2, -0.15) is 0 Å². The molecular weight excluding hydrogens is 254 g/mol. The highest BCUT2D eigenvalue weighted by Crippen LogP contribution is 2.22. The van der Waals surface area contributed by atoms with Crippen molar-refractivity contribution in [3.63, 3.8) is 0 Å². The quantitative estimate of drug-likeness (QED) is 0.811. The Morgan fingerprint density at radius 2 is 2.15 bits per heavy atom. The minimum atomic E-state index is -0.399. The molecule has 0 radical (unpaired) electrons. The second-order valence-electron chi connectivity index (χ2n) is 5.76. The lowest BCUT2D eigenvalue weighted by atomic mass is 10.1. The lowest BCUT2D eigenvalue weighted by Gasteiger charge is -2.27. The first kappa shape index (κ1) is 15.0. The van der Waals surface area contributed by atoms with Gasteiger partial charge in [-0.1, -0.05) is 18.2 Å². The Morgan fingerprint density at radius 1 is 1.45 bits per heavy atom. The van der Waals surface area contributed by atoms with Crippen molar-refractivity contribution in [2.45, 2.75) is 25.1 Å². The number of primary amides is 1. The van der Waals surface area contributed by atoms with Crippen molar-refractivity contribution in [2.24, 2.45) is 5.73 Å². The normalized spacial score (nSPS) is 23.4. The monoisotopic (exact) mass is 277 g/mol. The van der Waals surface area contributed by atoms with Gasteiger partial charge in [0.2, 0.25) is 5.91 Å². The van der Waals surface area contributed by atoms with Crippen molar-refractivity contribution >= 4 is 5.91 Å². The van der Waals surface area contributed by atoms with Gasteiger partial charge in [-0.3, -0.25) is 9.69 Å². The molecule has 0 aliphatic carbocycles. The number of rotatable bonds is 5. The molecule has 0 saturated carbocycles. The van der Waals surface area contributed by atoms with Crippen LogP contribution in [0.5, 0.6) is 0 Å². The van der Waals surface area contributed by atoms with Gasteiger partial charge in [0, 0.05) is 31.2 Å². The first-order valence-electron chi connectivity index (χ1n) is 6.92. The number of hydrogen-bond acceptors (Lipinski definition) is 4. The van der Waals surface area contributed by atoms with E-state index in [2.05, 4.69) is 9.80 Å². The van der Waals surface area contributed by atoms with E-state index in [1.165, 1.54) is 0 Å². The van der Waals surface area contributed by atoms with Crippen LogP contribution in [0.4, 0.5) is 0 Å². The molecule has 0 aromatic heterocycles. The SMILES string of the molecule is CN(C)CC1CC(O)CN1Cc1ccccc1C(N)=O. The number of nitrogens with zero attached hydrogens (tertiary/aromatic N) is 2. The molecule has 3 N–H and O–H groups in total. The summed E-state index contributed by atoms with van der Waals surface area (Å²) in [5, 5.41) is 9.89. The molecule has 0 bridgehead atoms. The zero-order valence-electron chi connectivity index (χ0n) is 12.1. The van der Waals surface area contributed by atoms with E-state index in [0.717, 1.165) is 18.5 Å². The highest BCUT2D eigenvalue weighted by molar-refractivity contribution is 5.94. The molecule has 2 unspecified atom stereocenters. The minimum absolute atomic E-state index is 0.291. The molecule has 1 saturated heterocycles. The van der Waals surface area contributed by atoms with Crippen LogP contribution in [-0.2, 0) is 6.54 Å². The Hall–Kier alpha value is -1.43. The molecule has 5 heteroatoms. The van der Waals surface area contributed by atoms with Gasteiger partial charge in [0.1, 0.15) is 0 Å². The second kappa shape index (κ2) is 6.35. The number of nitrogens with two attached hydrogens (primary N) is 1. The Morgan fingerprint density at radius 3 is 2.80 bits per heavy atom. The number of aliphatic hydroxyl groups excluding tert-OH is 1. The fraction of sp³-hybridized carbons (Fsp3) is 0.533. The largest absolute Gasteiger partial charge is 0.392 e. The number of amides is 1. The van der Waals surface area contributed by atoms with E-state index < -0.39 is 5.91 Å². The summed E-state index contributed by atoms with van der Waals surface area (Å²) in [5.41, 5.74) is 6.91. The van der Waals surface area contributed by atoms with Crippen LogP contribution in [0.25, 0.3) is 0 Å². The Bertz CT molecular complexity index is 476. The molecule has 1 amide bonds. The summed E-state index contributed by atoms with van der Waals surface area (Å²) in [5.74, 6) is -0.399. The van der Waals surface area contributed by atoms with Crippen LogP contribution in [0, 0.1) is 0 Å². The molecule has 5 nitrogen and oxygen atoms in total. The van der Waals surface area contributed by atoms with Crippen LogP contribution in [0.15, 0.2) is 24.3 Å². The van der Waals surface area contributed by atoms with Gasteiger partial charge in [-0.25, -0.2) is 0 Å². The van der Waals surface area contributed by atoms with Gasteiger partial charge in [0.25, 0.3) is 0 Å². The molecule has 110 valence electrons. The first-order valence-corrected chi connectivity index (χ1v) is 6.92. The maximum absolute atomic E-state index is 11.5. The lowest BCUT2D eigenvalue weighted by molar-refractivity contribution is 0.0997. The zero-order valence-corrected chi connectivity index (χ0v) is 12.1. The predicted octanol–water partition coefficient (Wildman–Crippen LogP) is 0.282. The number of likely N-dealkylation sites (tertiary alicyclic amines) is 1. The van der Waals surface area contributed by atoms with Gasteiger partial charge in [0.05, 0.1) is 6.10 Å². The third kappa shape index (κ3) is 3.56. The molecule has 2 rings (SSSR count). The van der Waals surface area contributed by atoms with Crippen molar-refractivity contribution in [2.75, 3.05) is 27.2 Å². The standard InChI is InChI=1S/C15H23N3O2/c1-17(2)9-12-7-13(19)10-18(12)8-11-5-3-4-6-14(11)15(16)20/h3-6,12-13,19H,7-10H2,1-2H3,(H2,16,20). The summed E-state index contributed by atoms with van der Waals surface area (Å²) >= 11 is 0. The average Bonchev–Trinajstić information content (AvgIpc) is 2.69. The average molecular weight is 277 g/mol. The molecular formula is C15H23N3O2. The molecule has 1 fully saturated rings. The minimum Gasteiger partial charge on any atom is -0.392 e. The Balaban J connectivity index is 2.14. The van der Waals surface area contributed by atoms with E-state index in [9.17, 15) is 9.90 Å². The molecule has 20 heavy (non-hydrogen) atoms. The molecule has 1 aliphatic heterocycles. The smallest absolute Gasteiger partial charge is 0.249 e. The van der Waals surface area contributed by atoms with Gasteiger partial charge in [-0.15, -0.1) is 0 Å². The van der Waals surface area contributed by atoms with Crippen LogP contribution >= 0.6 is 0 Å². The topological polar surface area (TPSA) is 69.8 Å². The van der Waals surface area contributed by atoms with Crippen molar-refractivity contribution in [1.82, 2.24) is 9.80 Å². The van der Waals surface area contributed by atoms with E-state index >= 15 is 0 Å². The Kier molecular flexibility index (Phi) is 4.75. The summed E-state index contributed by atoms with van der Waals surface area (Å²) in [6.07, 6.45) is 0.484. The van der Waals surface area contributed by atoms with Gasteiger partial charge in [0.15, 0.2) is 0 Å². The first-order chi connectivity index (χ1) is 9.47. The maximum Gasteiger partial charge on any atom is 0.249 e. The summed E-state index contributed by atoms with van der Waals surface area (Å²) in [4.78, 5) is 15.8. The number of aliphatic hydroxyl groups is 1. The molecule has 0 spiro atoms. The predicted molar refractivity (Wildman–Crippen MR) is 78.3 cm³/mol. The van der Waals surface area contributed by atoms with Gasteiger partial charge < -0.3 is 15.7 Å². The summed E-state index contributed by atoms with van der Waals surface area (Å²) in [6, 6.07) is 7.72. The van der Waals surface area contributed by atoms with Crippen molar-refractivity contribution < 1.29 is 9.90 Å². The van der Waals surface area contributed by atoms with Crippen molar-refractivity contribution in [3.8, 4) is 0 Å². The van der Waals surface area contributed by atoms with Crippen LogP contribution in [0.3, 0.4) is 0 Å². The fourth-order valence-electron chi connectivity index (χ4n) is 2.88. The molecule has 1 aliphatic rings. The molecule has 1 aromatic carbocycles. The maximum atomic E-state index is 11.5. The number of carbonyl (C=O) groups is 1. The number of carbonyl (C=O) groups excluding carboxylic acids is 1.